The topological polar surface area (TPSA) is 41.6 Å². The molecule has 112 valence electrons. The van der Waals surface area contributed by atoms with Crippen LogP contribution in [0.2, 0.25) is 0 Å². The Bertz CT molecular complexity index is 315. The van der Waals surface area contributed by atoms with E-state index in [0.717, 1.165) is 6.54 Å². The molecule has 4 heteroatoms. The molecular weight excluding hydrogens is 240 g/mol. The van der Waals surface area contributed by atoms with E-state index >= 15 is 0 Å². The Morgan fingerprint density at radius 3 is 2.53 bits per heavy atom. The third kappa shape index (κ3) is 4.18. The van der Waals surface area contributed by atoms with Gasteiger partial charge in [-0.3, -0.25) is 15.0 Å². The van der Waals surface area contributed by atoms with Crippen LogP contribution in [0.4, 0.5) is 0 Å². The molecule has 1 aliphatic rings. The van der Waals surface area contributed by atoms with Crippen molar-refractivity contribution in [3.05, 3.63) is 0 Å². The van der Waals surface area contributed by atoms with E-state index in [0.29, 0.717) is 13.2 Å². The molecule has 0 aromatic carbocycles. The number of rotatable bonds is 6. The number of likely N-dealkylation sites (tertiary alicyclic amines) is 1. The van der Waals surface area contributed by atoms with E-state index in [4.69, 9.17) is 4.74 Å². The van der Waals surface area contributed by atoms with Crippen LogP contribution in [0.25, 0.3) is 0 Å². The molecule has 1 fully saturated rings. The number of nitrogens with one attached hydrogen (secondary N) is 1. The maximum absolute atomic E-state index is 12.3. The van der Waals surface area contributed by atoms with Crippen molar-refractivity contribution in [2.75, 3.05) is 19.7 Å². The molecule has 1 N–H and O–H groups in total. The second-order valence-corrected chi connectivity index (χ2v) is 6.69. The van der Waals surface area contributed by atoms with Gasteiger partial charge in [-0.2, -0.15) is 0 Å². The van der Waals surface area contributed by atoms with Crippen molar-refractivity contribution in [2.45, 2.75) is 71.5 Å². The second kappa shape index (κ2) is 6.23. The molecule has 0 saturated carbocycles. The minimum absolute atomic E-state index is 0.147. The Labute approximate surface area is 117 Å². The van der Waals surface area contributed by atoms with E-state index < -0.39 is 5.54 Å². The summed E-state index contributed by atoms with van der Waals surface area (Å²) in [6, 6.07) is 0.250. The van der Waals surface area contributed by atoms with E-state index in [1.165, 1.54) is 12.8 Å². The normalized spacial score (nSPS) is 22.5. The monoisotopic (exact) mass is 270 g/mol. The average Bonchev–Trinajstić information content (AvgIpc) is 2.57. The minimum Gasteiger partial charge on any atom is -0.465 e. The predicted octanol–water partition coefficient (Wildman–Crippen LogP) is 2.18. The van der Waals surface area contributed by atoms with Crippen molar-refractivity contribution in [2.24, 2.45) is 0 Å². The summed E-state index contributed by atoms with van der Waals surface area (Å²) in [7, 11) is 0. The quantitative estimate of drug-likeness (QED) is 0.751. The first-order valence-corrected chi connectivity index (χ1v) is 7.41. The summed E-state index contributed by atoms with van der Waals surface area (Å²) < 4.78 is 5.26. The Balaban J connectivity index is 2.82. The fraction of sp³-hybridized carbons (Fsp3) is 0.933. The Morgan fingerprint density at radius 1 is 1.47 bits per heavy atom. The summed E-state index contributed by atoms with van der Waals surface area (Å²) in [5, 5.41) is 3.39. The first-order valence-electron chi connectivity index (χ1n) is 7.41. The van der Waals surface area contributed by atoms with Crippen LogP contribution in [-0.4, -0.2) is 47.7 Å². The molecule has 0 amide bonds. The van der Waals surface area contributed by atoms with Crippen LogP contribution < -0.4 is 5.32 Å². The third-order valence-electron chi connectivity index (χ3n) is 3.91. The van der Waals surface area contributed by atoms with Crippen molar-refractivity contribution < 1.29 is 9.53 Å². The summed E-state index contributed by atoms with van der Waals surface area (Å²) in [4.78, 5) is 14.7. The molecule has 1 heterocycles. The number of carbonyl (C=O) groups is 1. The zero-order valence-corrected chi connectivity index (χ0v) is 13.4. The van der Waals surface area contributed by atoms with Gasteiger partial charge in [0.05, 0.1) is 6.61 Å². The van der Waals surface area contributed by atoms with Crippen LogP contribution in [0.1, 0.15) is 54.4 Å². The lowest BCUT2D eigenvalue weighted by Crippen LogP contribution is -2.61. The predicted molar refractivity (Wildman–Crippen MR) is 78.2 cm³/mol. The highest BCUT2D eigenvalue weighted by Crippen LogP contribution is 2.30. The number of hydrogen-bond donors (Lipinski definition) is 1. The second-order valence-electron chi connectivity index (χ2n) is 6.69. The van der Waals surface area contributed by atoms with Gasteiger partial charge in [-0.1, -0.05) is 0 Å². The number of hydrogen-bond acceptors (Lipinski definition) is 4. The summed E-state index contributed by atoms with van der Waals surface area (Å²) in [6.07, 6.45) is 2.39. The van der Waals surface area contributed by atoms with Gasteiger partial charge < -0.3 is 4.74 Å². The molecule has 0 aliphatic carbocycles. The van der Waals surface area contributed by atoms with E-state index in [1.807, 2.05) is 13.8 Å². The maximum Gasteiger partial charge on any atom is 0.327 e. The van der Waals surface area contributed by atoms with Crippen LogP contribution in [0.3, 0.4) is 0 Å². The molecule has 1 atom stereocenters. The van der Waals surface area contributed by atoms with Crippen LogP contribution in [0, 0.1) is 0 Å². The third-order valence-corrected chi connectivity index (χ3v) is 3.91. The van der Waals surface area contributed by atoms with Crippen LogP contribution in [0.5, 0.6) is 0 Å². The van der Waals surface area contributed by atoms with E-state index in [1.54, 1.807) is 0 Å². The largest absolute Gasteiger partial charge is 0.465 e. The van der Waals surface area contributed by atoms with E-state index in [-0.39, 0.29) is 17.6 Å². The van der Waals surface area contributed by atoms with Gasteiger partial charge in [0.15, 0.2) is 0 Å². The fourth-order valence-corrected chi connectivity index (χ4v) is 2.93. The first-order chi connectivity index (χ1) is 8.71. The van der Waals surface area contributed by atoms with E-state index in [9.17, 15) is 4.79 Å². The molecule has 0 aromatic rings. The van der Waals surface area contributed by atoms with Gasteiger partial charge in [0, 0.05) is 18.1 Å². The SMILES string of the molecule is CCOC(=O)C(C)(CN1CCCC1(C)C)NC(C)C. The summed E-state index contributed by atoms with van der Waals surface area (Å²) >= 11 is 0. The van der Waals surface area contributed by atoms with Crippen molar-refractivity contribution in [1.29, 1.82) is 0 Å². The lowest BCUT2D eigenvalue weighted by molar-refractivity contribution is -0.152. The van der Waals surface area contributed by atoms with Crippen LogP contribution >= 0.6 is 0 Å². The lowest BCUT2D eigenvalue weighted by atomic mass is 9.96. The standard InChI is InChI=1S/C15H30N2O2/c1-7-19-13(18)15(6,16-12(2)3)11-17-10-8-9-14(17,4)5/h12,16H,7-11H2,1-6H3. The molecular formula is C15H30N2O2. The summed E-state index contributed by atoms with van der Waals surface area (Å²) in [6.45, 7) is 14.6. The van der Waals surface area contributed by atoms with Gasteiger partial charge in [0.25, 0.3) is 0 Å². The number of carbonyl (C=O) groups excluding carboxylic acids is 1. The number of nitrogens with zero attached hydrogens (tertiary/aromatic N) is 1. The zero-order chi connectivity index (χ0) is 14.7. The number of esters is 1. The first kappa shape index (κ1) is 16.4. The van der Waals surface area contributed by atoms with Gasteiger partial charge >= 0.3 is 5.97 Å². The van der Waals surface area contributed by atoms with Gasteiger partial charge in [-0.25, -0.2) is 0 Å². The molecule has 0 radical (unpaired) electrons. The molecule has 4 nitrogen and oxygen atoms in total. The van der Waals surface area contributed by atoms with Gasteiger partial charge in [-0.15, -0.1) is 0 Å². The molecule has 0 spiro atoms. The number of ether oxygens (including phenoxy) is 1. The molecule has 0 aromatic heterocycles. The van der Waals surface area contributed by atoms with Gasteiger partial charge in [0.1, 0.15) is 5.54 Å². The highest BCUT2D eigenvalue weighted by atomic mass is 16.5. The zero-order valence-electron chi connectivity index (χ0n) is 13.4. The van der Waals surface area contributed by atoms with Crippen molar-refractivity contribution in [1.82, 2.24) is 10.2 Å². The Morgan fingerprint density at radius 2 is 2.11 bits per heavy atom. The van der Waals surface area contributed by atoms with Gasteiger partial charge in [-0.05, 0) is 60.9 Å². The van der Waals surface area contributed by atoms with Crippen LogP contribution in [-0.2, 0) is 9.53 Å². The maximum atomic E-state index is 12.3. The average molecular weight is 270 g/mol. The summed E-state index contributed by atoms with van der Waals surface area (Å²) in [5.74, 6) is -0.147. The molecule has 1 rings (SSSR count). The highest BCUT2D eigenvalue weighted by molar-refractivity contribution is 5.80. The van der Waals surface area contributed by atoms with Crippen molar-refractivity contribution in [3.63, 3.8) is 0 Å². The fourth-order valence-electron chi connectivity index (χ4n) is 2.93. The lowest BCUT2D eigenvalue weighted by Gasteiger charge is -2.39. The highest BCUT2D eigenvalue weighted by Gasteiger charge is 2.42. The Kier molecular flexibility index (Phi) is 5.39. The molecule has 0 bridgehead atoms. The Hall–Kier alpha value is -0.610. The molecule has 1 saturated heterocycles. The smallest absolute Gasteiger partial charge is 0.327 e. The van der Waals surface area contributed by atoms with Crippen molar-refractivity contribution >= 4 is 5.97 Å². The van der Waals surface area contributed by atoms with Gasteiger partial charge in [0.2, 0.25) is 0 Å². The summed E-state index contributed by atoms with van der Waals surface area (Å²) in [5.41, 5.74) is -0.460. The molecule has 1 unspecified atom stereocenters. The molecule has 19 heavy (non-hydrogen) atoms. The van der Waals surface area contributed by atoms with E-state index in [2.05, 4.69) is 37.9 Å². The van der Waals surface area contributed by atoms with Crippen molar-refractivity contribution in [3.8, 4) is 0 Å². The van der Waals surface area contributed by atoms with Crippen LogP contribution in [0.15, 0.2) is 0 Å². The minimum atomic E-state index is -0.633. The molecule has 1 aliphatic heterocycles.